The molecule has 0 unspecified atom stereocenters. The Balaban J connectivity index is 1.62. The van der Waals surface area contributed by atoms with Gasteiger partial charge in [-0.3, -0.25) is 9.69 Å². The number of hydrogen-bond acceptors (Lipinski definition) is 6. The molecule has 2 fully saturated rings. The molecule has 0 saturated carbocycles. The minimum atomic E-state index is -3.35. The molecule has 1 aromatic rings. The van der Waals surface area contributed by atoms with Crippen LogP contribution in [-0.4, -0.2) is 92.6 Å². The van der Waals surface area contributed by atoms with E-state index in [4.69, 9.17) is 0 Å². The first-order valence-corrected chi connectivity index (χ1v) is 12.7. The van der Waals surface area contributed by atoms with Gasteiger partial charge < -0.3 is 10.2 Å². The van der Waals surface area contributed by atoms with Gasteiger partial charge in [-0.25, -0.2) is 8.42 Å². The molecule has 0 aromatic carbocycles. The summed E-state index contributed by atoms with van der Waals surface area (Å²) in [7, 11) is -3.35. The number of sulfonamides is 1. The molecule has 0 spiro atoms. The van der Waals surface area contributed by atoms with Crippen LogP contribution in [0.3, 0.4) is 0 Å². The minimum absolute atomic E-state index is 0.0142. The summed E-state index contributed by atoms with van der Waals surface area (Å²) < 4.78 is 27.0. The number of carbonyl (C=O) groups excluding carboxylic acids is 1. The lowest BCUT2D eigenvalue weighted by molar-refractivity contribution is 0.0722. The molecule has 0 radical (unpaired) electrons. The number of carbonyl (C=O) groups is 1. The van der Waals surface area contributed by atoms with E-state index in [1.165, 1.54) is 30.6 Å². The van der Waals surface area contributed by atoms with Crippen molar-refractivity contribution in [1.29, 1.82) is 0 Å². The number of amides is 1. The highest BCUT2D eigenvalue weighted by Crippen LogP contribution is 2.17. The second kappa shape index (κ2) is 10.2. The molecule has 9 heteroatoms. The zero-order valence-electron chi connectivity index (χ0n) is 16.7. The maximum absolute atomic E-state index is 13.0. The second-order valence-corrected chi connectivity index (χ2v) is 10.7. The van der Waals surface area contributed by atoms with Crippen LogP contribution in [0, 0.1) is 0 Å². The van der Waals surface area contributed by atoms with E-state index in [1.807, 2.05) is 17.5 Å². The van der Waals surface area contributed by atoms with Crippen LogP contribution in [0.2, 0.25) is 0 Å². The van der Waals surface area contributed by atoms with Crippen molar-refractivity contribution >= 4 is 27.3 Å². The number of likely N-dealkylation sites (tertiary alicyclic amines) is 1. The van der Waals surface area contributed by atoms with Crippen molar-refractivity contribution in [1.82, 2.24) is 19.4 Å². The van der Waals surface area contributed by atoms with Gasteiger partial charge in [0.05, 0.1) is 10.6 Å². The minimum Gasteiger partial charge on any atom is -0.336 e. The fourth-order valence-corrected chi connectivity index (χ4v) is 6.03. The topological polar surface area (TPSA) is 73.0 Å². The standard InChI is InChI=1S/C19H32N4O3S2/c1-17-5-2-3-9-21(17)12-13-22(19(24)18-6-4-15-27-18)14-16-28(25,26)23-10-7-20-8-11-23/h4,6,15,17,20H,2-3,5,7-14,16H2,1H3/t17-/m1/s1. The maximum atomic E-state index is 13.0. The van der Waals surface area contributed by atoms with E-state index >= 15 is 0 Å². The number of rotatable bonds is 8. The number of piperidine rings is 1. The number of nitrogens with zero attached hydrogens (tertiary/aromatic N) is 3. The third-order valence-corrected chi connectivity index (χ3v) is 8.41. The molecular weight excluding hydrogens is 396 g/mol. The lowest BCUT2D eigenvalue weighted by atomic mass is 10.0. The highest BCUT2D eigenvalue weighted by Gasteiger charge is 2.27. The van der Waals surface area contributed by atoms with Crippen molar-refractivity contribution in [2.75, 3.05) is 58.1 Å². The molecule has 0 aliphatic carbocycles. The van der Waals surface area contributed by atoms with Crippen molar-refractivity contribution in [3.05, 3.63) is 22.4 Å². The van der Waals surface area contributed by atoms with Crippen molar-refractivity contribution in [2.24, 2.45) is 0 Å². The van der Waals surface area contributed by atoms with Gasteiger partial charge in [-0.05, 0) is 37.8 Å². The summed E-state index contributed by atoms with van der Waals surface area (Å²) in [5.41, 5.74) is 0. The van der Waals surface area contributed by atoms with Gasteiger partial charge in [0.15, 0.2) is 0 Å². The van der Waals surface area contributed by atoms with Crippen LogP contribution < -0.4 is 5.32 Å². The molecule has 7 nitrogen and oxygen atoms in total. The summed E-state index contributed by atoms with van der Waals surface area (Å²) in [6.07, 6.45) is 3.65. The summed E-state index contributed by atoms with van der Waals surface area (Å²) in [6.45, 7) is 7.28. The largest absolute Gasteiger partial charge is 0.336 e. The van der Waals surface area contributed by atoms with Gasteiger partial charge in [0.2, 0.25) is 10.0 Å². The summed E-state index contributed by atoms with van der Waals surface area (Å²) in [5, 5.41) is 5.06. The molecule has 0 bridgehead atoms. The van der Waals surface area contributed by atoms with Crippen LogP contribution in [0.1, 0.15) is 35.9 Å². The Morgan fingerprint density at radius 3 is 2.71 bits per heavy atom. The first kappa shape index (κ1) is 21.7. The van der Waals surface area contributed by atoms with Crippen LogP contribution in [0.25, 0.3) is 0 Å². The number of nitrogens with one attached hydrogen (secondary N) is 1. The summed E-state index contributed by atoms with van der Waals surface area (Å²) in [5.74, 6) is -0.0742. The van der Waals surface area contributed by atoms with Gasteiger partial charge in [-0.15, -0.1) is 11.3 Å². The number of piperazine rings is 1. The molecule has 3 heterocycles. The highest BCUT2D eigenvalue weighted by molar-refractivity contribution is 7.89. The molecular formula is C19H32N4O3S2. The van der Waals surface area contributed by atoms with Crippen LogP contribution in [0.5, 0.6) is 0 Å². The van der Waals surface area contributed by atoms with E-state index in [0.29, 0.717) is 43.6 Å². The Morgan fingerprint density at radius 2 is 2.04 bits per heavy atom. The molecule has 1 atom stereocenters. The molecule has 158 valence electrons. The van der Waals surface area contributed by atoms with Gasteiger partial charge in [0.1, 0.15) is 0 Å². The van der Waals surface area contributed by atoms with Crippen molar-refractivity contribution in [3.8, 4) is 0 Å². The van der Waals surface area contributed by atoms with E-state index in [9.17, 15) is 13.2 Å². The highest BCUT2D eigenvalue weighted by atomic mass is 32.2. The van der Waals surface area contributed by atoms with Crippen LogP contribution in [0.4, 0.5) is 0 Å². The van der Waals surface area contributed by atoms with Gasteiger partial charge >= 0.3 is 0 Å². The van der Waals surface area contributed by atoms with Crippen molar-refractivity contribution < 1.29 is 13.2 Å². The Bertz CT molecular complexity index is 718. The van der Waals surface area contributed by atoms with E-state index < -0.39 is 10.0 Å². The average molecular weight is 429 g/mol. The van der Waals surface area contributed by atoms with E-state index in [1.54, 1.807) is 9.21 Å². The van der Waals surface area contributed by atoms with Crippen molar-refractivity contribution in [3.63, 3.8) is 0 Å². The van der Waals surface area contributed by atoms with Gasteiger partial charge in [-0.2, -0.15) is 4.31 Å². The van der Waals surface area contributed by atoms with E-state index in [0.717, 1.165) is 13.1 Å². The average Bonchev–Trinajstić information content (AvgIpc) is 3.24. The normalized spacial score (nSPS) is 22.2. The fourth-order valence-electron chi connectivity index (χ4n) is 3.89. The third-order valence-electron chi connectivity index (χ3n) is 5.71. The predicted molar refractivity (Wildman–Crippen MR) is 113 cm³/mol. The van der Waals surface area contributed by atoms with Gasteiger partial charge in [-0.1, -0.05) is 12.5 Å². The Morgan fingerprint density at radius 1 is 1.25 bits per heavy atom. The molecule has 1 amide bonds. The second-order valence-electron chi connectivity index (χ2n) is 7.62. The predicted octanol–water partition coefficient (Wildman–Crippen LogP) is 1.30. The zero-order chi connectivity index (χ0) is 20.0. The Labute approximate surface area is 172 Å². The van der Waals surface area contributed by atoms with E-state index in [-0.39, 0.29) is 18.2 Å². The molecule has 2 saturated heterocycles. The smallest absolute Gasteiger partial charge is 0.263 e. The van der Waals surface area contributed by atoms with Crippen LogP contribution >= 0.6 is 11.3 Å². The molecule has 3 rings (SSSR count). The first-order valence-electron chi connectivity index (χ1n) is 10.2. The number of thiophene rings is 1. The van der Waals surface area contributed by atoms with Gasteiger partial charge in [0, 0.05) is 51.9 Å². The molecule has 2 aliphatic rings. The lowest BCUT2D eigenvalue weighted by Crippen LogP contribution is -2.49. The first-order chi connectivity index (χ1) is 13.5. The van der Waals surface area contributed by atoms with Crippen LogP contribution in [0.15, 0.2) is 17.5 Å². The van der Waals surface area contributed by atoms with Gasteiger partial charge in [0.25, 0.3) is 5.91 Å². The third kappa shape index (κ3) is 5.76. The van der Waals surface area contributed by atoms with E-state index in [2.05, 4.69) is 17.1 Å². The van der Waals surface area contributed by atoms with Crippen molar-refractivity contribution in [2.45, 2.75) is 32.2 Å². The maximum Gasteiger partial charge on any atom is 0.263 e. The molecule has 1 aromatic heterocycles. The molecule has 28 heavy (non-hydrogen) atoms. The SMILES string of the molecule is C[C@@H]1CCCCN1CCN(CCS(=O)(=O)N1CCNCC1)C(=O)c1cccs1. The summed E-state index contributed by atoms with van der Waals surface area (Å²) in [6, 6.07) is 4.20. The lowest BCUT2D eigenvalue weighted by Gasteiger charge is -2.35. The monoisotopic (exact) mass is 428 g/mol. The quantitative estimate of drug-likeness (QED) is 0.676. The molecule has 2 aliphatic heterocycles. The Kier molecular flexibility index (Phi) is 7.87. The summed E-state index contributed by atoms with van der Waals surface area (Å²) >= 11 is 1.41. The number of hydrogen-bond donors (Lipinski definition) is 1. The summed E-state index contributed by atoms with van der Waals surface area (Å²) in [4.78, 5) is 17.8. The van der Waals surface area contributed by atoms with Crippen LogP contribution in [-0.2, 0) is 10.0 Å². The Hall–Kier alpha value is -1.000. The fraction of sp³-hybridized carbons (Fsp3) is 0.737. The molecule has 1 N–H and O–H groups in total. The zero-order valence-corrected chi connectivity index (χ0v) is 18.3.